The van der Waals surface area contributed by atoms with Crippen molar-refractivity contribution in [3.05, 3.63) is 59.9 Å². The van der Waals surface area contributed by atoms with Crippen LogP contribution in [0.2, 0.25) is 0 Å². The van der Waals surface area contributed by atoms with Crippen LogP contribution in [0.3, 0.4) is 0 Å². The number of hydrogen-bond donors (Lipinski definition) is 1. The highest BCUT2D eigenvalue weighted by atomic mass is 19.1. The molecule has 0 fully saturated rings. The van der Waals surface area contributed by atoms with E-state index in [1.165, 1.54) is 19.2 Å². The summed E-state index contributed by atoms with van der Waals surface area (Å²) in [5.74, 6) is -1.11. The first kappa shape index (κ1) is 12.1. The fraction of sp³-hybridized carbons (Fsp3) is 0.0714. The van der Waals surface area contributed by atoms with Crippen molar-refractivity contribution in [3.63, 3.8) is 0 Å². The van der Waals surface area contributed by atoms with Gasteiger partial charge in [0.25, 0.3) is 5.91 Å². The Labute approximate surface area is 104 Å². The molecule has 2 aromatic rings. The number of methoxy groups -OCH3 is 1. The van der Waals surface area contributed by atoms with E-state index in [-0.39, 0.29) is 11.3 Å². The fourth-order valence-corrected chi connectivity index (χ4v) is 1.56. The third kappa shape index (κ3) is 2.48. The van der Waals surface area contributed by atoms with Gasteiger partial charge in [0.05, 0.1) is 12.7 Å². The van der Waals surface area contributed by atoms with Crippen molar-refractivity contribution in [2.45, 2.75) is 0 Å². The number of carbonyl (C=O) groups is 1. The molecule has 18 heavy (non-hydrogen) atoms. The van der Waals surface area contributed by atoms with E-state index in [9.17, 15) is 9.18 Å². The van der Waals surface area contributed by atoms with Crippen molar-refractivity contribution < 1.29 is 13.9 Å². The van der Waals surface area contributed by atoms with Crippen LogP contribution in [0.15, 0.2) is 48.5 Å². The standard InChI is InChI=1S/C14H12FNO2/c1-18-12-9-5-8-11(13(12)15)14(17)16-10-6-3-2-4-7-10/h2-9H,1H3,(H,16,17). The third-order valence-corrected chi connectivity index (χ3v) is 2.46. The molecule has 0 saturated heterocycles. The van der Waals surface area contributed by atoms with Crippen molar-refractivity contribution in [1.29, 1.82) is 0 Å². The van der Waals surface area contributed by atoms with Crippen LogP contribution in [0.1, 0.15) is 10.4 Å². The number of hydrogen-bond acceptors (Lipinski definition) is 2. The molecule has 0 aromatic heterocycles. The predicted octanol–water partition coefficient (Wildman–Crippen LogP) is 3.09. The van der Waals surface area contributed by atoms with E-state index >= 15 is 0 Å². The lowest BCUT2D eigenvalue weighted by atomic mass is 10.2. The Morgan fingerprint density at radius 1 is 1.11 bits per heavy atom. The Morgan fingerprint density at radius 2 is 1.83 bits per heavy atom. The number of benzene rings is 2. The zero-order valence-corrected chi connectivity index (χ0v) is 9.81. The molecule has 1 amide bonds. The number of para-hydroxylation sites is 1. The molecule has 0 aliphatic carbocycles. The molecule has 0 radical (unpaired) electrons. The SMILES string of the molecule is COc1cccc(C(=O)Nc2ccccc2)c1F. The van der Waals surface area contributed by atoms with Gasteiger partial charge in [-0.2, -0.15) is 0 Å². The lowest BCUT2D eigenvalue weighted by Crippen LogP contribution is -2.14. The van der Waals surface area contributed by atoms with E-state index in [4.69, 9.17) is 4.74 Å². The lowest BCUT2D eigenvalue weighted by molar-refractivity contribution is 0.102. The molecule has 92 valence electrons. The van der Waals surface area contributed by atoms with Crippen LogP contribution in [0.25, 0.3) is 0 Å². The number of ether oxygens (including phenoxy) is 1. The zero-order chi connectivity index (χ0) is 13.0. The minimum Gasteiger partial charge on any atom is -0.494 e. The summed E-state index contributed by atoms with van der Waals surface area (Å²) < 4.78 is 18.7. The third-order valence-electron chi connectivity index (χ3n) is 2.46. The molecular weight excluding hydrogens is 233 g/mol. The summed E-state index contributed by atoms with van der Waals surface area (Å²) in [6.45, 7) is 0. The van der Waals surface area contributed by atoms with E-state index in [0.717, 1.165) is 0 Å². The van der Waals surface area contributed by atoms with Crippen molar-refractivity contribution in [2.75, 3.05) is 12.4 Å². The van der Waals surface area contributed by atoms with Crippen molar-refractivity contribution >= 4 is 11.6 Å². The van der Waals surface area contributed by atoms with Gasteiger partial charge in [0.1, 0.15) is 0 Å². The second kappa shape index (κ2) is 5.31. The Kier molecular flexibility index (Phi) is 3.57. The number of rotatable bonds is 3. The molecule has 0 aliphatic rings. The molecule has 0 unspecified atom stereocenters. The van der Waals surface area contributed by atoms with Crippen LogP contribution in [0, 0.1) is 5.82 Å². The van der Waals surface area contributed by atoms with Crippen LogP contribution < -0.4 is 10.1 Å². The Hall–Kier alpha value is -2.36. The number of halogens is 1. The van der Waals surface area contributed by atoms with Crippen molar-refractivity contribution in [3.8, 4) is 5.75 Å². The normalized spacial score (nSPS) is 9.89. The van der Waals surface area contributed by atoms with Crippen LogP contribution in [0.4, 0.5) is 10.1 Å². The molecule has 0 bridgehead atoms. The molecule has 0 heterocycles. The van der Waals surface area contributed by atoms with E-state index in [1.807, 2.05) is 6.07 Å². The Bertz CT molecular complexity index is 555. The van der Waals surface area contributed by atoms with Gasteiger partial charge in [-0.3, -0.25) is 4.79 Å². The van der Waals surface area contributed by atoms with E-state index in [2.05, 4.69) is 5.32 Å². The number of carbonyl (C=O) groups excluding carboxylic acids is 1. The summed E-state index contributed by atoms with van der Waals surface area (Å²) in [6.07, 6.45) is 0. The number of anilines is 1. The lowest BCUT2D eigenvalue weighted by Gasteiger charge is -2.08. The first-order valence-corrected chi connectivity index (χ1v) is 5.41. The molecule has 2 rings (SSSR count). The second-order valence-corrected chi connectivity index (χ2v) is 3.64. The molecule has 0 saturated carbocycles. The van der Waals surface area contributed by atoms with Gasteiger partial charge >= 0.3 is 0 Å². The topological polar surface area (TPSA) is 38.3 Å². The maximum absolute atomic E-state index is 13.8. The quantitative estimate of drug-likeness (QED) is 0.902. The number of nitrogens with one attached hydrogen (secondary N) is 1. The molecule has 2 aromatic carbocycles. The highest BCUT2D eigenvalue weighted by Crippen LogP contribution is 2.20. The average Bonchev–Trinajstić information content (AvgIpc) is 2.40. The largest absolute Gasteiger partial charge is 0.494 e. The summed E-state index contributed by atoms with van der Waals surface area (Å²) in [6, 6.07) is 13.3. The average molecular weight is 245 g/mol. The van der Waals surface area contributed by atoms with Gasteiger partial charge in [-0.05, 0) is 24.3 Å². The van der Waals surface area contributed by atoms with E-state index < -0.39 is 11.7 Å². The Balaban J connectivity index is 2.24. The van der Waals surface area contributed by atoms with Crippen LogP contribution in [-0.2, 0) is 0 Å². The minimum absolute atomic E-state index is 0.0433. The second-order valence-electron chi connectivity index (χ2n) is 3.64. The van der Waals surface area contributed by atoms with Crippen molar-refractivity contribution in [2.24, 2.45) is 0 Å². The van der Waals surface area contributed by atoms with Gasteiger partial charge in [-0.25, -0.2) is 4.39 Å². The van der Waals surface area contributed by atoms with E-state index in [0.29, 0.717) is 5.69 Å². The molecule has 0 aliphatic heterocycles. The molecule has 4 heteroatoms. The van der Waals surface area contributed by atoms with Gasteiger partial charge in [0, 0.05) is 5.69 Å². The maximum atomic E-state index is 13.8. The Morgan fingerprint density at radius 3 is 2.50 bits per heavy atom. The van der Waals surface area contributed by atoms with Crippen molar-refractivity contribution in [1.82, 2.24) is 0 Å². The van der Waals surface area contributed by atoms with Crippen LogP contribution in [-0.4, -0.2) is 13.0 Å². The van der Waals surface area contributed by atoms with Gasteiger partial charge in [-0.15, -0.1) is 0 Å². The summed E-state index contributed by atoms with van der Waals surface area (Å²) in [7, 11) is 1.36. The van der Waals surface area contributed by atoms with E-state index in [1.54, 1.807) is 30.3 Å². The molecule has 0 spiro atoms. The number of amides is 1. The van der Waals surface area contributed by atoms with Gasteiger partial charge in [0.15, 0.2) is 11.6 Å². The minimum atomic E-state index is -0.659. The van der Waals surface area contributed by atoms with Gasteiger partial charge in [0.2, 0.25) is 0 Å². The smallest absolute Gasteiger partial charge is 0.258 e. The molecule has 0 atom stereocenters. The van der Waals surface area contributed by atoms with Gasteiger partial charge in [-0.1, -0.05) is 24.3 Å². The maximum Gasteiger partial charge on any atom is 0.258 e. The summed E-state index contributed by atoms with van der Waals surface area (Å²) >= 11 is 0. The first-order valence-electron chi connectivity index (χ1n) is 5.41. The summed E-state index contributed by atoms with van der Waals surface area (Å²) in [5, 5.41) is 2.62. The predicted molar refractivity (Wildman–Crippen MR) is 67.3 cm³/mol. The van der Waals surface area contributed by atoms with Crippen LogP contribution >= 0.6 is 0 Å². The highest BCUT2D eigenvalue weighted by Gasteiger charge is 2.15. The first-order chi connectivity index (χ1) is 8.72. The fourth-order valence-electron chi connectivity index (χ4n) is 1.56. The molecule has 1 N–H and O–H groups in total. The van der Waals surface area contributed by atoms with Gasteiger partial charge < -0.3 is 10.1 Å². The monoisotopic (exact) mass is 245 g/mol. The summed E-state index contributed by atoms with van der Waals surface area (Å²) in [4.78, 5) is 11.9. The molecular formula is C14H12FNO2. The summed E-state index contributed by atoms with van der Waals surface area (Å²) in [5.41, 5.74) is 0.572. The zero-order valence-electron chi connectivity index (χ0n) is 9.81. The highest BCUT2D eigenvalue weighted by molar-refractivity contribution is 6.04. The molecule has 3 nitrogen and oxygen atoms in total. The van der Waals surface area contributed by atoms with Crippen LogP contribution in [0.5, 0.6) is 5.75 Å².